The summed E-state index contributed by atoms with van der Waals surface area (Å²) in [4.78, 5) is 23.3. The van der Waals surface area contributed by atoms with E-state index in [0.29, 0.717) is 16.7 Å². The Morgan fingerprint density at radius 1 is 1.46 bits per heavy atom. The van der Waals surface area contributed by atoms with Gasteiger partial charge in [-0.25, -0.2) is 13.2 Å². The van der Waals surface area contributed by atoms with Crippen molar-refractivity contribution in [2.45, 2.75) is 32.1 Å². The van der Waals surface area contributed by atoms with Gasteiger partial charge in [0.2, 0.25) is 0 Å². The predicted molar refractivity (Wildman–Crippen MR) is 103 cm³/mol. The molecule has 2 N–H and O–H groups in total. The van der Waals surface area contributed by atoms with Crippen LogP contribution in [0.25, 0.3) is 0 Å². The number of phenols is 1. The molecule has 0 amide bonds. The number of hydrogen-bond acceptors (Lipinski definition) is 6. The number of halogens is 1. The molecule has 0 fully saturated rings. The zero-order chi connectivity index (χ0) is 21.4. The van der Waals surface area contributed by atoms with Crippen LogP contribution in [0.1, 0.15) is 39.5 Å². The van der Waals surface area contributed by atoms with Crippen molar-refractivity contribution < 1.29 is 33.0 Å². The third-order valence-corrected chi connectivity index (χ3v) is 6.78. The summed E-state index contributed by atoms with van der Waals surface area (Å²) >= 11 is 6.17. The van der Waals surface area contributed by atoms with Gasteiger partial charge >= 0.3 is 11.9 Å². The summed E-state index contributed by atoms with van der Waals surface area (Å²) in [5, 5.41) is 18.0. The standard InChI is InChI=1S/C19H19ClO7S/c1-5-11-9(2)13-8-27-19(24)15(13)16(21)12(11)6-7-14(20)10(3)17(18(22)23)28(4,25)26/h1,7,10,17,21H,6,8H2,2-4H3,(H,22,23). The number of benzene rings is 1. The molecule has 0 radical (unpaired) electrons. The average molecular weight is 427 g/mol. The second kappa shape index (κ2) is 7.86. The maximum atomic E-state index is 11.9. The van der Waals surface area contributed by atoms with E-state index in [2.05, 4.69) is 5.92 Å². The molecule has 2 atom stereocenters. The second-order valence-electron chi connectivity index (χ2n) is 6.57. The zero-order valence-corrected chi connectivity index (χ0v) is 17.0. The largest absolute Gasteiger partial charge is 0.507 e. The third kappa shape index (κ3) is 3.86. The van der Waals surface area contributed by atoms with E-state index in [-0.39, 0.29) is 34.9 Å². The number of carbonyl (C=O) groups excluding carboxylic acids is 1. The number of cyclic esters (lactones) is 1. The molecule has 9 heteroatoms. The summed E-state index contributed by atoms with van der Waals surface area (Å²) in [6.07, 6.45) is 7.75. The predicted octanol–water partition coefficient (Wildman–Crippen LogP) is 2.15. The lowest BCUT2D eigenvalue weighted by atomic mass is 9.90. The third-order valence-electron chi connectivity index (χ3n) is 4.74. The minimum atomic E-state index is -3.90. The average Bonchev–Trinajstić information content (AvgIpc) is 2.96. The van der Waals surface area contributed by atoms with Gasteiger partial charge in [0.05, 0.1) is 0 Å². The van der Waals surface area contributed by atoms with Crippen molar-refractivity contribution in [1.29, 1.82) is 0 Å². The van der Waals surface area contributed by atoms with E-state index in [1.54, 1.807) is 6.92 Å². The summed E-state index contributed by atoms with van der Waals surface area (Å²) in [5.41, 5.74) is 1.82. The number of aliphatic carboxylic acids is 1. The fraction of sp³-hybridized carbons (Fsp3) is 0.368. The van der Waals surface area contributed by atoms with Crippen LogP contribution in [0.3, 0.4) is 0 Å². The van der Waals surface area contributed by atoms with Gasteiger partial charge in [0, 0.05) is 33.9 Å². The number of carboxylic acid groups (broad SMARTS) is 1. The number of carboxylic acids is 1. The molecule has 0 aromatic heterocycles. The minimum absolute atomic E-state index is 0.0130. The molecular weight excluding hydrogens is 408 g/mol. The quantitative estimate of drug-likeness (QED) is 0.528. The van der Waals surface area contributed by atoms with E-state index in [4.69, 9.17) is 22.8 Å². The minimum Gasteiger partial charge on any atom is -0.507 e. The van der Waals surface area contributed by atoms with Crippen LogP contribution in [0.4, 0.5) is 0 Å². The Bertz CT molecular complexity index is 1030. The molecule has 1 aromatic rings. The van der Waals surface area contributed by atoms with Gasteiger partial charge in [0.25, 0.3) is 0 Å². The molecule has 150 valence electrons. The first-order valence-corrected chi connectivity index (χ1v) is 10.5. The van der Waals surface area contributed by atoms with Crippen molar-refractivity contribution in [3.8, 4) is 18.1 Å². The number of sulfone groups is 1. The highest BCUT2D eigenvalue weighted by atomic mass is 35.5. The van der Waals surface area contributed by atoms with Crippen LogP contribution in [0.15, 0.2) is 11.1 Å². The van der Waals surface area contributed by atoms with Crippen LogP contribution in [0.2, 0.25) is 0 Å². The number of terminal acetylenes is 1. The van der Waals surface area contributed by atoms with Crippen LogP contribution in [-0.4, -0.2) is 42.1 Å². The van der Waals surface area contributed by atoms with E-state index in [9.17, 15) is 28.2 Å². The highest BCUT2D eigenvalue weighted by Gasteiger charge is 2.36. The molecule has 7 nitrogen and oxygen atoms in total. The molecule has 0 spiro atoms. The van der Waals surface area contributed by atoms with Crippen molar-refractivity contribution in [1.82, 2.24) is 0 Å². The fourth-order valence-electron chi connectivity index (χ4n) is 3.28. The number of hydrogen-bond donors (Lipinski definition) is 2. The molecule has 0 aliphatic carbocycles. The number of carbonyl (C=O) groups is 2. The second-order valence-corrected chi connectivity index (χ2v) is 9.17. The topological polar surface area (TPSA) is 118 Å². The molecular formula is C19H19ClO7S. The number of rotatable bonds is 6. The molecule has 2 unspecified atom stereocenters. The Morgan fingerprint density at radius 3 is 2.57 bits per heavy atom. The van der Waals surface area contributed by atoms with Crippen molar-refractivity contribution in [2.75, 3.05) is 6.26 Å². The molecule has 1 aromatic carbocycles. The van der Waals surface area contributed by atoms with Gasteiger partial charge in [0.1, 0.15) is 17.9 Å². The van der Waals surface area contributed by atoms with Crippen molar-refractivity contribution >= 4 is 33.4 Å². The lowest BCUT2D eigenvalue weighted by Gasteiger charge is -2.18. The molecule has 0 saturated heterocycles. The van der Waals surface area contributed by atoms with E-state index in [1.165, 1.54) is 13.0 Å². The molecule has 1 heterocycles. The first-order valence-electron chi connectivity index (χ1n) is 8.20. The summed E-state index contributed by atoms with van der Waals surface area (Å²) in [7, 11) is -3.90. The molecule has 1 aliphatic rings. The number of aromatic hydroxyl groups is 1. The molecule has 2 rings (SSSR count). The maximum absolute atomic E-state index is 11.9. The van der Waals surface area contributed by atoms with Crippen LogP contribution < -0.4 is 0 Å². The number of fused-ring (bicyclic) bond motifs is 1. The normalized spacial score (nSPS) is 16.1. The fourth-order valence-corrected chi connectivity index (χ4v) is 4.81. The molecule has 0 bridgehead atoms. The molecule has 1 aliphatic heterocycles. The van der Waals surface area contributed by atoms with Gasteiger partial charge in [-0.15, -0.1) is 6.42 Å². The summed E-state index contributed by atoms with van der Waals surface area (Å²) in [6, 6.07) is 0. The maximum Gasteiger partial charge on any atom is 0.342 e. The number of ether oxygens (including phenoxy) is 1. The highest BCUT2D eigenvalue weighted by Crippen LogP contribution is 2.38. The molecule has 0 saturated carbocycles. The first-order chi connectivity index (χ1) is 12.9. The monoisotopic (exact) mass is 426 g/mol. The Kier molecular flexibility index (Phi) is 6.12. The van der Waals surface area contributed by atoms with Gasteiger partial charge in [-0.2, -0.15) is 0 Å². The Morgan fingerprint density at radius 2 is 2.07 bits per heavy atom. The summed E-state index contributed by atoms with van der Waals surface area (Å²) < 4.78 is 28.5. The van der Waals surface area contributed by atoms with Crippen molar-refractivity contribution in [3.05, 3.63) is 38.9 Å². The first kappa shape index (κ1) is 21.8. The Labute approximate surface area is 167 Å². The van der Waals surface area contributed by atoms with Crippen molar-refractivity contribution in [2.24, 2.45) is 5.92 Å². The lowest BCUT2D eigenvalue weighted by molar-refractivity contribution is -0.137. The highest BCUT2D eigenvalue weighted by molar-refractivity contribution is 7.92. The Hall–Kier alpha value is -2.50. The van der Waals surface area contributed by atoms with E-state index in [0.717, 1.165) is 6.26 Å². The van der Waals surface area contributed by atoms with Crippen LogP contribution >= 0.6 is 11.6 Å². The van der Waals surface area contributed by atoms with Gasteiger partial charge in [-0.1, -0.05) is 30.5 Å². The van der Waals surface area contributed by atoms with Crippen LogP contribution in [0.5, 0.6) is 5.75 Å². The number of esters is 1. The SMILES string of the molecule is C#Cc1c(C)c2c(c(O)c1CC=C(Cl)C(C)C(C(=O)O)S(C)(=O)=O)C(=O)OC2. The van der Waals surface area contributed by atoms with Crippen LogP contribution in [-0.2, 0) is 32.4 Å². The van der Waals surface area contributed by atoms with E-state index < -0.39 is 32.9 Å². The lowest BCUT2D eigenvalue weighted by Crippen LogP contribution is -2.35. The summed E-state index contributed by atoms with van der Waals surface area (Å²) in [6.45, 7) is 3.10. The van der Waals surface area contributed by atoms with Gasteiger partial charge in [-0.05, 0) is 18.9 Å². The van der Waals surface area contributed by atoms with E-state index >= 15 is 0 Å². The zero-order valence-electron chi connectivity index (χ0n) is 15.4. The number of allylic oxidation sites excluding steroid dienone is 2. The summed E-state index contributed by atoms with van der Waals surface area (Å²) in [5.74, 6) is -1.03. The number of phenolic OH excluding ortho intramolecular Hbond substituents is 1. The van der Waals surface area contributed by atoms with Crippen molar-refractivity contribution in [3.63, 3.8) is 0 Å². The molecule has 28 heavy (non-hydrogen) atoms. The van der Waals surface area contributed by atoms with Gasteiger partial charge in [-0.3, -0.25) is 4.79 Å². The van der Waals surface area contributed by atoms with Gasteiger partial charge < -0.3 is 14.9 Å². The van der Waals surface area contributed by atoms with Crippen LogP contribution in [0, 0.1) is 25.2 Å². The van der Waals surface area contributed by atoms with E-state index in [1.807, 2.05) is 0 Å². The smallest absolute Gasteiger partial charge is 0.342 e. The van der Waals surface area contributed by atoms with Gasteiger partial charge in [0.15, 0.2) is 15.1 Å². The Balaban J connectivity index is 2.48.